The van der Waals surface area contributed by atoms with Gasteiger partial charge in [0, 0.05) is 53.9 Å². The minimum atomic E-state index is 0. The largest absolute Gasteiger partial charge is 0.275 e. The topological polar surface area (TPSA) is 30.7 Å². The summed E-state index contributed by atoms with van der Waals surface area (Å²) in [5.74, 6) is 5.75. The van der Waals surface area contributed by atoms with Gasteiger partial charge in [-0.15, -0.1) is 12.6 Å². The average Bonchev–Trinajstić information content (AvgIpc) is 2.67. The van der Waals surface area contributed by atoms with Crippen molar-refractivity contribution >= 4 is 53.8 Å². The van der Waals surface area contributed by atoms with Gasteiger partial charge in [-0.1, -0.05) is 11.6 Å². The van der Waals surface area contributed by atoms with Crippen molar-refractivity contribution in [1.82, 2.24) is 14.8 Å². The van der Waals surface area contributed by atoms with Gasteiger partial charge in [-0.3, -0.25) is 4.68 Å². The molecule has 81 valence electrons. The summed E-state index contributed by atoms with van der Waals surface area (Å²) in [5, 5.41) is 4.60. The molecule has 0 aliphatic heterocycles. The van der Waals surface area contributed by atoms with Crippen LogP contribution in [0.4, 0.5) is 0 Å². The van der Waals surface area contributed by atoms with E-state index in [9.17, 15) is 0 Å². The first-order valence-corrected chi connectivity index (χ1v) is 5.34. The van der Waals surface area contributed by atoms with Crippen molar-refractivity contribution in [3.05, 3.63) is 40.9 Å². The molecule has 0 saturated carbocycles. The Morgan fingerprint density at radius 3 is 2.76 bits per heavy atom. The summed E-state index contributed by atoms with van der Waals surface area (Å²) in [6.07, 6.45) is 3.45. The van der Waals surface area contributed by atoms with Gasteiger partial charge in [0.25, 0.3) is 0 Å². The molecule has 3 nitrogen and oxygen atoms in total. The van der Waals surface area contributed by atoms with Crippen LogP contribution in [0.2, 0.25) is 5.02 Å². The van der Waals surface area contributed by atoms with E-state index in [2.05, 4.69) is 34.6 Å². The molecule has 0 saturated heterocycles. The second-order valence-corrected chi connectivity index (χ2v) is 3.98. The van der Waals surface area contributed by atoms with Gasteiger partial charge in [0.1, 0.15) is 11.4 Å². The van der Waals surface area contributed by atoms with E-state index in [1.54, 1.807) is 16.9 Å². The second kappa shape index (κ2) is 6.48. The quantitative estimate of drug-likeness (QED) is 0.450. The summed E-state index contributed by atoms with van der Waals surface area (Å²) < 4.78 is 1.69. The van der Waals surface area contributed by atoms with E-state index in [4.69, 9.17) is 11.6 Å². The summed E-state index contributed by atoms with van der Waals surface area (Å²) in [6.45, 7) is 0. The van der Waals surface area contributed by atoms with E-state index in [0.29, 0.717) is 21.3 Å². The van der Waals surface area contributed by atoms with Gasteiger partial charge in [-0.25, -0.2) is 4.98 Å². The van der Waals surface area contributed by atoms with Crippen molar-refractivity contribution in [2.24, 2.45) is 7.05 Å². The number of thiol groups is 1. The van der Waals surface area contributed by atoms with Crippen LogP contribution in [0.5, 0.6) is 0 Å². The second-order valence-electron chi connectivity index (χ2n) is 3.12. The van der Waals surface area contributed by atoms with Gasteiger partial charge in [0.15, 0.2) is 0 Å². The summed E-state index contributed by atoms with van der Waals surface area (Å²) in [5.41, 5.74) is 1.20. The van der Waals surface area contributed by atoms with E-state index < -0.39 is 0 Å². The zero-order valence-electron chi connectivity index (χ0n) is 9.48. The molecular weight excluding hydrogens is 265 g/mol. The minimum absolute atomic E-state index is 0. The van der Waals surface area contributed by atoms with E-state index in [1.165, 1.54) is 0 Å². The first-order chi connectivity index (χ1) is 7.66. The number of nitrogens with zero attached hydrogens (tertiary/aromatic N) is 3. The van der Waals surface area contributed by atoms with E-state index in [0.717, 1.165) is 0 Å². The molecule has 17 heavy (non-hydrogen) atoms. The first-order valence-electron chi connectivity index (χ1n) is 4.52. The Hall–Kier alpha value is -0.440. The zero-order valence-corrected chi connectivity index (χ0v) is 13.1. The van der Waals surface area contributed by atoms with E-state index in [-0.39, 0.29) is 29.6 Å². The van der Waals surface area contributed by atoms with E-state index >= 15 is 0 Å². The molecule has 0 aliphatic rings. The van der Waals surface area contributed by atoms with Crippen molar-refractivity contribution in [3.8, 4) is 11.8 Å². The van der Waals surface area contributed by atoms with Gasteiger partial charge >= 0.3 is 0 Å². The van der Waals surface area contributed by atoms with Crippen LogP contribution in [-0.4, -0.2) is 44.3 Å². The van der Waals surface area contributed by atoms with Crippen LogP contribution in [0.15, 0.2) is 29.4 Å². The Morgan fingerprint density at radius 1 is 1.35 bits per heavy atom. The Balaban J connectivity index is 0.00000144. The summed E-state index contributed by atoms with van der Waals surface area (Å²) in [7, 11) is 1.84. The Labute approximate surface area is 132 Å². The van der Waals surface area contributed by atoms with Gasteiger partial charge in [-0.05, 0) is 24.0 Å². The van der Waals surface area contributed by atoms with Crippen molar-refractivity contribution in [2.75, 3.05) is 0 Å². The third kappa shape index (κ3) is 3.77. The Kier molecular flexibility index (Phi) is 5.57. The third-order valence-electron chi connectivity index (χ3n) is 1.89. The van der Waals surface area contributed by atoms with E-state index in [1.807, 2.05) is 19.3 Å². The van der Waals surface area contributed by atoms with Gasteiger partial charge < -0.3 is 0 Å². The summed E-state index contributed by atoms with van der Waals surface area (Å²) in [6, 6.07) is 3.54. The SMILES string of the molecule is Cn1ccc(C#Cc2nccc(S)c2Cl)n1.[Na]. The molecule has 2 rings (SSSR count). The molecule has 0 bridgehead atoms. The molecule has 1 radical (unpaired) electrons. The normalized spacial score (nSPS) is 9.12. The molecule has 2 aromatic heterocycles. The smallest absolute Gasteiger partial charge is 0.135 e. The number of aryl methyl sites for hydroxylation is 1. The number of hydrogen-bond donors (Lipinski definition) is 1. The van der Waals surface area contributed by atoms with Crippen molar-refractivity contribution in [3.63, 3.8) is 0 Å². The first kappa shape index (κ1) is 14.6. The van der Waals surface area contributed by atoms with Gasteiger partial charge in [0.05, 0.1) is 5.02 Å². The molecule has 2 aromatic rings. The van der Waals surface area contributed by atoms with Crippen LogP contribution in [0.3, 0.4) is 0 Å². The molecule has 0 atom stereocenters. The molecule has 2 heterocycles. The van der Waals surface area contributed by atoms with Crippen molar-refractivity contribution < 1.29 is 0 Å². The van der Waals surface area contributed by atoms with Crippen LogP contribution < -0.4 is 0 Å². The predicted octanol–water partition coefficient (Wildman–Crippen LogP) is 1.78. The fraction of sp³-hybridized carbons (Fsp3) is 0.0909. The van der Waals surface area contributed by atoms with Crippen LogP contribution in [-0.2, 0) is 7.05 Å². The van der Waals surface area contributed by atoms with Gasteiger partial charge in [0.2, 0.25) is 0 Å². The average molecular weight is 273 g/mol. The number of halogens is 1. The molecule has 0 N–H and O–H groups in total. The molecule has 0 spiro atoms. The number of pyridine rings is 1. The third-order valence-corrected chi connectivity index (χ3v) is 2.78. The molecule has 6 heteroatoms. The fourth-order valence-corrected chi connectivity index (χ4v) is 1.46. The predicted molar refractivity (Wildman–Crippen MR) is 71.4 cm³/mol. The number of rotatable bonds is 0. The van der Waals surface area contributed by atoms with Gasteiger partial charge in [-0.2, -0.15) is 5.10 Å². The zero-order chi connectivity index (χ0) is 11.5. The fourth-order valence-electron chi connectivity index (χ4n) is 1.13. The molecule has 0 aromatic carbocycles. The molecule has 0 unspecified atom stereocenters. The Morgan fingerprint density at radius 2 is 2.12 bits per heavy atom. The summed E-state index contributed by atoms with van der Waals surface area (Å²) >= 11 is 10.2. The Bertz CT molecular complexity index is 586. The maximum absolute atomic E-state index is 6.00. The molecular formula is C11H8ClN3NaS. The maximum Gasteiger partial charge on any atom is 0.135 e. The standard InChI is InChI=1S/C11H8ClN3S.Na/c1-15-7-5-8(14-15)2-3-9-11(12)10(16)4-6-13-9;/h4-7H,1H3,(H,13,16);. The van der Waals surface area contributed by atoms with Crippen LogP contribution in [0.25, 0.3) is 0 Å². The summed E-state index contributed by atoms with van der Waals surface area (Å²) in [4.78, 5) is 4.74. The maximum atomic E-state index is 6.00. The molecule has 0 aliphatic carbocycles. The number of hydrogen-bond acceptors (Lipinski definition) is 3. The monoisotopic (exact) mass is 272 g/mol. The van der Waals surface area contributed by atoms with Crippen molar-refractivity contribution in [1.29, 1.82) is 0 Å². The number of aromatic nitrogens is 3. The van der Waals surface area contributed by atoms with Crippen molar-refractivity contribution in [2.45, 2.75) is 4.90 Å². The van der Waals surface area contributed by atoms with Crippen LogP contribution >= 0.6 is 24.2 Å². The minimum Gasteiger partial charge on any atom is -0.275 e. The molecule has 0 fully saturated rings. The molecule has 0 amide bonds. The van der Waals surface area contributed by atoms with Crippen LogP contribution in [0, 0.1) is 11.8 Å². The van der Waals surface area contributed by atoms with Crippen LogP contribution in [0.1, 0.15) is 11.4 Å².